The second-order valence-corrected chi connectivity index (χ2v) is 5.47. The molecule has 1 nitrogen and oxygen atoms in total. The molecule has 0 spiro atoms. The predicted molar refractivity (Wildman–Crippen MR) is 66.5 cm³/mol. The number of aliphatic hydroxyl groups is 1. The van der Waals surface area contributed by atoms with Crippen LogP contribution in [-0.4, -0.2) is 5.11 Å². The minimum absolute atomic E-state index is 0.0952. The molecule has 0 unspecified atom stereocenters. The zero-order chi connectivity index (χ0) is 12.2. The van der Waals surface area contributed by atoms with E-state index in [0.717, 1.165) is 16.5 Å². The van der Waals surface area contributed by atoms with E-state index in [0.29, 0.717) is 11.8 Å². The summed E-state index contributed by atoms with van der Waals surface area (Å²) in [5, 5.41) is 11.6. The normalized spacial score (nSPS) is 21.8. The van der Waals surface area contributed by atoms with E-state index in [1.54, 1.807) is 6.07 Å². The van der Waals surface area contributed by atoms with Crippen LogP contribution in [0.1, 0.15) is 37.5 Å². The van der Waals surface area contributed by atoms with Crippen LogP contribution in [0.15, 0.2) is 30.3 Å². The Bertz CT molecular complexity index is 601. The molecule has 2 aromatic rings. The first-order valence-electron chi connectivity index (χ1n) is 5.90. The molecule has 2 aromatic carbocycles. The van der Waals surface area contributed by atoms with Crippen molar-refractivity contribution in [1.29, 1.82) is 0 Å². The highest BCUT2D eigenvalue weighted by molar-refractivity contribution is 5.89. The van der Waals surface area contributed by atoms with Gasteiger partial charge in [-0.1, -0.05) is 38.1 Å². The molecule has 1 atom stereocenters. The molecule has 0 heterocycles. The smallest absolute Gasteiger partial charge is 0.131 e. The predicted octanol–water partition coefficient (Wildman–Crippen LogP) is 3.69. The fourth-order valence-corrected chi connectivity index (χ4v) is 3.06. The Morgan fingerprint density at radius 2 is 1.88 bits per heavy atom. The van der Waals surface area contributed by atoms with E-state index in [9.17, 15) is 9.50 Å². The molecule has 0 fully saturated rings. The summed E-state index contributed by atoms with van der Waals surface area (Å²) < 4.78 is 14.0. The van der Waals surface area contributed by atoms with Gasteiger partial charge >= 0.3 is 0 Å². The fraction of sp³-hybridized carbons (Fsp3) is 0.333. The second kappa shape index (κ2) is 3.30. The van der Waals surface area contributed by atoms with Gasteiger partial charge in [0.15, 0.2) is 0 Å². The number of fused-ring (bicyclic) bond motifs is 3. The molecule has 1 aliphatic rings. The van der Waals surface area contributed by atoms with Crippen LogP contribution >= 0.6 is 0 Å². The van der Waals surface area contributed by atoms with Gasteiger partial charge in [0.25, 0.3) is 0 Å². The van der Waals surface area contributed by atoms with Gasteiger partial charge in [-0.15, -0.1) is 0 Å². The van der Waals surface area contributed by atoms with Gasteiger partial charge in [0.1, 0.15) is 5.82 Å². The van der Waals surface area contributed by atoms with E-state index in [1.807, 2.05) is 18.2 Å². The second-order valence-electron chi connectivity index (χ2n) is 5.47. The average molecular weight is 230 g/mol. The Balaban J connectivity index is 2.47. The lowest BCUT2D eigenvalue weighted by molar-refractivity contribution is 0.161. The van der Waals surface area contributed by atoms with Crippen molar-refractivity contribution < 1.29 is 9.50 Å². The third-order valence-corrected chi connectivity index (χ3v) is 3.76. The maximum atomic E-state index is 14.0. The van der Waals surface area contributed by atoms with Crippen molar-refractivity contribution in [3.8, 4) is 0 Å². The monoisotopic (exact) mass is 230 g/mol. The number of halogens is 1. The SMILES string of the molecule is CC1(C)C[C@@H](O)c2cc(F)c3ccccc3c21. The van der Waals surface area contributed by atoms with Crippen LogP contribution in [0.25, 0.3) is 10.8 Å². The first kappa shape index (κ1) is 10.7. The molecule has 1 N–H and O–H groups in total. The minimum Gasteiger partial charge on any atom is -0.388 e. The van der Waals surface area contributed by atoms with E-state index < -0.39 is 6.10 Å². The molecular formula is C15H15FO. The van der Waals surface area contributed by atoms with Crippen molar-refractivity contribution in [3.05, 3.63) is 47.3 Å². The van der Waals surface area contributed by atoms with Gasteiger partial charge in [0.2, 0.25) is 0 Å². The van der Waals surface area contributed by atoms with Crippen molar-refractivity contribution in [2.45, 2.75) is 31.8 Å². The number of hydrogen-bond acceptors (Lipinski definition) is 1. The largest absolute Gasteiger partial charge is 0.388 e. The van der Waals surface area contributed by atoms with Crippen LogP contribution in [0.3, 0.4) is 0 Å². The summed E-state index contributed by atoms with van der Waals surface area (Å²) in [6, 6.07) is 9.00. The fourth-order valence-electron chi connectivity index (χ4n) is 3.06. The molecule has 88 valence electrons. The van der Waals surface area contributed by atoms with Crippen molar-refractivity contribution in [3.63, 3.8) is 0 Å². The van der Waals surface area contributed by atoms with Crippen molar-refractivity contribution >= 4 is 10.8 Å². The van der Waals surface area contributed by atoms with Gasteiger partial charge in [-0.3, -0.25) is 0 Å². The zero-order valence-corrected chi connectivity index (χ0v) is 10.00. The highest BCUT2D eigenvalue weighted by Gasteiger charge is 2.37. The molecule has 2 heteroatoms. The molecule has 0 saturated heterocycles. The highest BCUT2D eigenvalue weighted by Crippen LogP contribution is 2.48. The summed E-state index contributed by atoms with van der Waals surface area (Å²) in [5.74, 6) is -0.240. The summed E-state index contributed by atoms with van der Waals surface area (Å²) in [5.41, 5.74) is 1.76. The number of rotatable bonds is 0. The summed E-state index contributed by atoms with van der Waals surface area (Å²) in [6.45, 7) is 4.21. The number of aliphatic hydroxyl groups excluding tert-OH is 1. The van der Waals surface area contributed by atoms with Gasteiger partial charge in [-0.2, -0.15) is 0 Å². The van der Waals surface area contributed by atoms with E-state index >= 15 is 0 Å². The van der Waals surface area contributed by atoms with Gasteiger partial charge in [0, 0.05) is 5.39 Å². The van der Waals surface area contributed by atoms with Crippen LogP contribution in [-0.2, 0) is 5.41 Å². The van der Waals surface area contributed by atoms with E-state index in [4.69, 9.17) is 0 Å². The molecule has 0 radical (unpaired) electrons. The van der Waals surface area contributed by atoms with Gasteiger partial charge in [0.05, 0.1) is 6.10 Å². The molecule has 1 aliphatic carbocycles. The Morgan fingerprint density at radius 1 is 1.24 bits per heavy atom. The summed E-state index contributed by atoms with van der Waals surface area (Å²) in [4.78, 5) is 0. The third kappa shape index (κ3) is 1.40. The molecule has 0 aromatic heterocycles. The zero-order valence-electron chi connectivity index (χ0n) is 10.00. The van der Waals surface area contributed by atoms with Gasteiger partial charge < -0.3 is 5.11 Å². The third-order valence-electron chi connectivity index (χ3n) is 3.76. The van der Waals surface area contributed by atoms with Crippen LogP contribution in [0.5, 0.6) is 0 Å². The summed E-state index contributed by atoms with van der Waals surface area (Å²) in [7, 11) is 0. The lowest BCUT2D eigenvalue weighted by atomic mass is 9.83. The number of benzene rings is 2. The maximum Gasteiger partial charge on any atom is 0.131 e. The molecule has 3 rings (SSSR count). The van der Waals surface area contributed by atoms with Crippen LogP contribution in [0.2, 0.25) is 0 Å². The Labute approximate surface area is 99.9 Å². The Kier molecular flexibility index (Phi) is 2.08. The van der Waals surface area contributed by atoms with Crippen molar-refractivity contribution in [2.75, 3.05) is 0 Å². The summed E-state index contributed by atoms with van der Waals surface area (Å²) >= 11 is 0. The summed E-state index contributed by atoms with van der Waals surface area (Å²) in [6.07, 6.45) is 0.120. The van der Waals surface area contributed by atoms with Crippen LogP contribution in [0, 0.1) is 5.82 Å². The topological polar surface area (TPSA) is 20.2 Å². The first-order chi connectivity index (χ1) is 8.00. The molecule has 0 aliphatic heterocycles. The molecule has 17 heavy (non-hydrogen) atoms. The van der Waals surface area contributed by atoms with Crippen molar-refractivity contribution in [2.24, 2.45) is 0 Å². The van der Waals surface area contributed by atoms with Crippen LogP contribution < -0.4 is 0 Å². The average Bonchev–Trinajstić information content (AvgIpc) is 2.49. The first-order valence-corrected chi connectivity index (χ1v) is 5.90. The molecule has 0 amide bonds. The van der Waals surface area contributed by atoms with E-state index in [1.165, 1.54) is 6.07 Å². The van der Waals surface area contributed by atoms with E-state index in [-0.39, 0.29) is 11.2 Å². The quantitative estimate of drug-likeness (QED) is 0.731. The minimum atomic E-state index is -0.542. The van der Waals surface area contributed by atoms with Gasteiger partial charge in [-0.05, 0) is 34.4 Å². The Hall–Kier alpha value is -1.41. The highest BCUT2D eigenvalue weighted by atomic mass is 19.1. The van der Waals surface area contributed by atoms with Crippen molar-refractivity contribution in [1.82, 2.24) is 0 Å². The standard InChI is InChI=1S/C15H15FO/c1-15(2)8-13(17)11-7-12(16)9-5-3-4-6-10(9)14(11)15/h3-7,13,17H,8H2,1-2H3/t13-/m1/s1. The molecular weight excluding hydrogens is 215 g/mol. The Morgan fingerprint density at radius 3 is 2.59 bits per heavy atom. The lowest BCUT2D eigenvalue weighted by Gasteiger charge is -2.20. The molecule has 0 bridgehead atoms. The maximum absolute atomic E-state index is 14.0. The van der Waals surface area contributed by atoms with Gasteiger partial charge in [-0.25, -0.2) is 4.39 Å². The molecule has 0 saturated carbocycles. The van der Waals surface area contributed by atoms with E-state index in [2.05, 4.69) is 13.8 Å². The number of hydrogen-bond donors (Lipinski definition) is 1. The van der Waals surface area contributed by atoms with Crippen LogP contribution in [0.4, 0.5) is 4.39 Å². The lowest BCUT2D eigenvalue weighted by Crippen LogP contribution is -2.13.